The molecule has 0 heterocycles. The number of carbonyl (C=O) groups excluding carboxylic acids is 2. The van der Waals surface area contributed by atoms with E-state index in [0.29, 0.717) is 17.9 Å². The Bertz CT molecular complexity index is 369. The van der Waals surface area contributed by atoms with Gasteiger partial charge in [0.05, 0.1) is 12.6 Å². The van der Waals surface area contributed by atoms with Crippen LogP contribution in [0, 0.1) is 17.8 Å². The van der Waals surface area contributed by atoms with E-state index in [1.165, 1.54) is 25.7 Å². The van der Waals surface area contributed by atoms with Gasteiger partial charge in [0.15, 0.2) is 0 Å². The lowest BCUT2D eigenvalue weighted by Crippen LogP contribution is -2.49. The molecule has 2 saturated carbocycles. The number of amides is 2. The molecule has 3 N–H and O–H groups in total. The molecule has 0 aromatic rings. The number of carbonyl (C=O) groups is 2. The minimum atomic E-state index is -0.546. The van der Waals surface area contributed by atoms with Crippen molar-refractivity contribution in [1.29, 1.82) is 0 Å². The van der Waals surface area contributed by atoms with E-state index in [4.69, 9.17) is 5.73 Å². The minimum absolute atomic E-state index is 0. The summed E-state index contributed by atoms with van der Waals surface area (Å²) in [6.07, 6.45) is 4.96. The largest absolute Gasteiger partial charge is 0.346 e. The number of nitrogens with zero attached hydrogens (tertiary/aromatic N) is 1. The van der Waals surface area contributed by atoms with Gasteiger partial charge < -0.3 is 16.0 Å². The van der Waals surface area contributed by atoms with Crippen molar-refractivity contribution in [3.8, 4) is 0 Å². The molecule has 21 heavy (non-hydrogen) atoms. The lowest BCUT2D eigenvalue weighted by molar-refractivity contribution is -0.134. The van der Waals surface area contributed by atoms with E-state index in [9.17, 15) is 9.59 Å². The van der Waals surface area contributed by atoms with Gasteiger partial charge >= 0.3 is 0 Å². The van der Waals surface area contributed by atoms with Crippen LogP contribution in [0.5, 0.6) is 0 Å². The summed E-state index contributed by atoms with van der Waals surface area (Å²) < 4.78 is 0. The van der Waals surface area contributed by atoms with Crippen molar-refractivity contribution in [3.05, 3.63) is 0 Å². The average Bonchev–Trinajstić information content (AvgIpc) is 3.27. The van der Waals surface area contributed by atoms with Gasteiger partial charge in [0.2, 0.25) is 11.8 Å². The van der Waals surface area contributed by atoms with Crippen LogP contribution in [-0.2, 0) is 9.59 Å². The molecule has 0 radical (unpaired) electrons. The van der Waals surface area contributed by atoms with Crippen molar-refractivity contribution in [2.75, 3.05) is 13.6 Å². The molecule has 5 nitrogen and oxygen atoms in total. The Morgan fingerprint density at radius 2 is 1.67 bits per heavy atom. The molecule has 6 heteroatoms. The van der Waals surface area contributed by atoms with Crippen molar-refractivity contribution in [2.24, 2.45) is 23.5 Å². The number of halogens is 1. The third kappa shape index (κ3) is 4.85. The first-order chi connectivity index (χ1) is 9.41. The van der Waals surface area contributed by atoms with Gasteiger partial charge in [-0.05, 0) is 43.4 Å². The standard InChI is InChI=1S/C15H27N3O2.ClH/c1-9(2)13(16)15(20)17-8-12(19)18(3)14(10-4-5-10)11-6-7-11;/h9-11,13-14H,4-8,16H2,1-3H3,(H,17,20);1H/t13-;/m0./s1. The number of likely N-dealkylation sites (N-methyl/N-ethyl adjacent to an activating group) is 1. The summed E-state index contributed by atoms with van der Waals surface area (Å²) in [5.41, 5.74) is 5.76. The second kappa shape index (κ2) is 7.45. The topological polar surface area (TPSA) is 75.4 Å². The Morgan fingerprint density at radius 3 is 2.05 bits per heavy atom. The monoisotopic (exact) mass is 317 g/mol. The SMILES string of the molecule is CC(C)[C@H](N)C(=O)NCC(=O)N(C)C(C1CC1)C1CC1.Cl. The van der Waals surface area contributed by atoms with Gasteiger partial charge in [-0.2, -0.15) is 0 Å². The van der Waals surface area contributed by atoms with Crippen molar-refractivity contribution in [3.63, 3.8) is 0 Å². The molecule has 2 amide bonds. The van der Waals surface area contributed by atoms with Crippen LogP contribution in [0.3, 0.4) is 0 Å². The number of nitrogens with two attached hydrogens (primary N) is 1. The van der Waals surface area contributed by atoms with Gasteiger partial charge in [-0.25, -0.2) is 0 Å². The van der Waals surface area contributed by atoms with Crippen molar-refractivity contribution < 1.29 is 9.59 Å². The Labute approximate surface area is 133 Å². The molecule has 0 aliphatic heterocycles. The number of nitrogens with one attached hydrogen (secondary N) is 1. The predicted octanol–water partition coefficient (Wildman–Crippen LogP) is 1.15. The highest BCUT2D eigenvalue weighted by Gasteiger charge is 2.44. The van der Waals surface area contributed by atoms with E-state index >= 15 is 0 Å². The molecule has 2 fully saturated rings. The number of hydrogen-bond acceptors (Lipinski definition) is 3. The third-order valence-electron chi connectivity index (χ3n) is 4.49. The van der Waals surface area contributed by atoms with Crippen LogP contribution in [-0.4, -0.2) is 42.4 Å². The first-order valence-electron chi connectivity index (χ1n) is 7.70. The zero-order valence-electron chi connectivity index (χ0n) is 13.2. The second-order valence-corrected chi connectivity index (χ2v) is 6.66. The average molecular weight is 318 g/mol. The Kier molecular flexibility index (Phi) is 6.47. The molecule has 0 saturated heterocycles. The van der Waals surface area contributed by atoms with Gasteiger partial charge in [0.25, 0.3) is 0 Å². The molecular formula is C15H28ClN3O2. The lowest BCUT2D eigenvalue weighted by atomic mass is 10.0. The summed E-state index contributed by atoms with van der Waals surface area (Å²) in [4.78, 5) is 25.8. The fourth-order valence-corrected chi connectivity index (χ4v) is 2.77. The molecule has 2 aliphatic rings. The van der Waals surface area contributed by atoms with Gasteiger partial charge in [-0.1, -0.05) is 13.8 Å². The summed E-state index contributed by atoms with van der Waals surface area (Å²) in [6.45, 7) is 3.86. The van der Waals surface area contributed by atoms with Crippen LogP contribution in [0.1, 0.15) is 39.5 Å². The highest BCUT2D eigenvalue weighted by Crippen LogP contribution is 2.46. The summed E-state index contributed by atoms with van der Waals surface area (Å²) in [6, 6.07) is -0.158. The summed E-state index contributed by atoms with van der Waals surface area (Å²) in [7, 11) is 1.87. The van der Waals surface area contributed by atoms with Crippen LogP contribution in [0.2, 0.25) is 0 Å². The van der Waals surface area contributed by atoms with Crippen LogP contribution in [0.4, 0.5) is 0 Å². The first kappa shape index (κ1) is 18.2. The van der Waals surface area contributed by atoms with Crippen molar-refractivity contribution >= 4 is 24.2 Å². The van der Waals surface area contributed by atoms with E-state index in [2.05, 4.69) is 5.32 Å². The molecule has 1 atom stereocenters. The fraction of sp³-hybridized carbons (Fsp3) is 0.867. The molecule has 0 bridgehead atoms. The molecule has 122 valence electrons. The van der Waals surface area contributed by atoms with Crippen LogP contribution < -0.4 is 11.1 Å². The predicted molar refractivity (Wildman–Crippen MR) is 85.1 cm³/mol. The quantitative estimate of drug-likeness (QED) is 0.739. The number of hydrogen-bond donors (Lipinski definition) is 2. The normalized spacial score (nSPS) is 19.1. The Morgan fingerprint density at radius 1 is 1.19 bits per heavy atom. The maximum atomic E-state index is 12.2. The molecule has 0 unspecified atom stereocenters. The van der Waals surface area contributed by atoms with Gasteiger partial charge in [-0.15, -0.1) is 12.4 Å². The fourth-order valence-electron chi connectivity index (χ4n) is 2.77. The summed E-state index contributed by atoms with van der Waals surface area (Å²) >= 11 is 0. The van der Waals surface area contributed by atoms with Crippen LogP contribution in [0.15, 0.2) is 0 Å². The van der Waals surface area contributed by atoms with E-state index in [1.54, 1.807) is 0 Å². The zero-order valence-corrected chi connectivity index (χ0v) is 14.0. The minimum Gasteiger partial charge on any atom is -0.346 e. The smallest absolute Gasteiger partial charge is 0.241 e. The van der Waals surface area contributed by atoms with E-state index in [0.717, 1.165) is 0 Å². The molecule has 2 aliphatic carbocycles. The molecule has 2 rings (SSSR count). The van der Waals surface area contributed by atoms with Crippen LogP contribution >= 0.6 is 12.4 Å². The van der Waals surface area contributed by atoms with E-state index in [1.807, 2.05) is 25.8 Å². The molecule has 0 spiro atoms. The zero-order chi connectivity index (χ0) is 14.9. The molecular weight excluding hydrogens is 290 g/mol. The van der Waals surface area contributed by atoms with Crippen molar-refractivity contribution in [1.82, 2.24) is 10.2 Å². The maximum Gasteiger partial charge on any atom is 0.241 e. The van der Waals surface area contributed by atoms with Gasteiger partial charge in [0, 0.05) is 13.1 Å². The lowest BCUT2D eigenvalue weighted by Gasteiger charge is -2.29. The van der Waals surface area contributed by atoms with Gasteiger partial charge in [-0.3, -0.25) is 9.59 Å². The third-order valence-corrected chi connectivity index (χ3v) is 4.49. The Balaban J connectivity index is 0.00000220. The van der Waals surface area contributed by atoms with Crippen LogP contribution in [0.25, 0.3) is 0 Å². The highest BCUT2D eigenvalue weighted by molar-refractivity contribution is 5.87. The van der Waals surface area contributed by atoms with E-state index in [-0.39, 0.29) is 36.7 Å². The Hall–Kier alpha value is -0.810. The summed E-state index contributed by atoms with van der Waals surface area (Å²) in [5, 5.41) is 2.66. The summed E-state index contributed by atoms with van der Waals surface area (Å²) in [5.74, 6) is 1.21. The maximum absolute atomic E-state index is 12.2. The van der Waals surface area contributed by atoms with Crippen molar-refractivity contribution in [2.45, 2.75) is 51.6 Å². The van der Waals surface area contributed by atoms with E-state index < -0.39 is 6.04 Å². The highest BCUT2D eigenvalue weighted by atomic mass is 35.5. The second-order valence-electron chi connectivity index (χ2n) is 6.66. The first-order valence-corrected chi connectivity index (χ1v) is 7.70. The molecule has 0 aromatic heterocycles. The molecule has 0 aromatic carbocycles. The number of rotatable bonds is 7. The van der Waals surface area contributed by atoms with Gasteiger partial charge in [0.1, 0.15) is 0 Å².